The van der Waals surface area contributed by atoms with Crippen molar-refractivity contribution in [3.63, 3.8) is 0 Å². The third-order valence-electron chi connectivity index (χ3n) is 4.50. The third kappa shape index (κ3) is 4.23. The van der Waals surface area contributed by atoms with E-state index in [1.807, 2.05) is 6.07 Å². The summed E-state index contributed by atoms with van der Waals surface area (Å²) in [6.07, 6.45) is -0.119. The number of halogens is 2. The second-order valence-corrected chi connectivity index (χ2v) is 7.30. The lowest BCUT2D eigenvalue weighted by molar-refractivity contribution is -0.152. The second-order valence-electron chi connectivity index (χ2n) is 6.60. The number of hydrogen-bond donors (Lipinski definition) is 0. The van der Waals surface area contributed by atoms with Crippen LogP contribution in [0.3, 0.4) is 0 Å². The van der Waals surface area contributed by atoms with Crippen molar-refractivity contribution in [2.24, 2.45) is 0 Å². The van der Waals surface area contributed by atoms with Gasteiger partial charge in [0, 0.05) is 13.3 Å². The predicted molar refractivity (Wildman–Crippen MR) is 106 cm³/mol. The van der Waals surface area contributed by atoms with Crippen LogP contribution < -0.4 is 0 Å². The summed E-state index contributed by atoms with van der Waals surface area (Å²) in [5.74, 6) is -0.934. The molecule has 0 saturated carbocycles. The summed E-state index contributed by atoms with van der Waals surface area (Å²) in [4.78, 5) is 36.0. The lowest BCUT2D eigenvalue weighted by atomic mass is 10.2. The number of esters is 2. The normalized spacial score (nSPS) is 21.0. The number of imidazole rings is 1. The molecule has 4 rings (SSSR count). The number of benzene rings is 1. The highest BCUT2D eigenvalue weighted by Gasteiger charge is 2.40. The van der Waals surface area contributed by atoms with Gasteiger partial charge < -0.3 is 14.2 Å². The average molecular weight is 451 g/mol. The van der Waals surface area contributed by atoms with Gasteiger partial charge in [0.15, 0.2) is 17.0 Å². The molecule has 3 aromatic rings. The third-order valence-corrected chi connectivity index (χ3v) is 4.93. The molecular weight excluding hydrogens is 435 g/mol. The Bertz CT molecular complexity index is 1090. The van der Waals surface area contributed by atoms with Crippen molar-refractivity contribution in [2.45, 2.75) is 31.8 Å². The molecule has 11 heteroatoms. The number of carbonyl (C=O) groups excluding carboxylic acids is 2. The minimum atomic E-state index is -0.749. The summed E-state index contributed by atoms with van der Waals surface area (Å²) < 4.78 is 18.4. The predicted octanol–water partition coefficient (Wildman–Crippen LogP) is 3.21. The standard InChI is InChI=1S/C19H16Cl2N4O5/c1-10(26)29-13-7-12(8-28-18(27)11-5-3-2-4-6-11)30-17(13)25-9-22-14-15(20)23-19(21)24-16(14)25/h2-6,9,12-13,17H,7-8H2,1H3/t12-,13+,17+/m0/s1. The highest BCUT2D eigenvalue weighted by atomic mass is 35.5. The molecule has 0 radical (unpaired) electrons. The summed E-state index contributed by atoms with van der Waals surface area (Å²) in [6.45, 7) is 1.30. The Labute approximate surface area is 180 Å². The zero-order valence-corrected chi connectivity index (χ0v) is 17.2. The Morgan fingerprint density at radius 3 is 2.73 bits per heavy atom. The van der Waals surface area contributed by atoms with Gasteiger partial charge in [-0.2, -0.15) is 4.98 Å². The van der Waals surface area contributed by atoms with Crippen LogP contribution in [0.1, 0.15) is 29.9 Å². The summed E-state index contributed by atoms with van der Waals surface area (Å²) in [5, 5.41) is 0.0451. The van der Waals surface area contributed by atoms with E-state index in [1.54, 1.807) is 28.8 Å². The van der Waals surface area contributed by atoms with Crippen molar-refractivity contribution < 1.29 is 23.8 Å². The topological polar surface area (TPSA) is 105 Å². The largest absolute Gasteiger partial charge is 0.459 e. The first-order chi connectivity index (χ1) is 14.4. The molecule has 30 heavy (non-hydrogen) atoms. The van der Waals surface area contributed by atoms with Crippen molar-refractivity contribution in [1.82, 2.24) is 19.5 Å². The molecule has 0 bridgehead atoms. The highest BCUT2D eigenvalue weighted by molar-refractivity contribution is 6.35. The van der Waals surface area contributed by atoms with E-state index < -0.39 is 30.4 Å². The van der Waals surface area contributed by atoms with Gasteiger partial charge in [0.05, 0.1) is 18.0 Å². The average Bonchev–Trinajstić information content (AvgIpc) is 3.30. The maximum absolute atomic E-state index is 12.2. The first kappa shape index (κ1) is 20.5. The molecule has 0 aliphatic carbocycles. The van der Waals surface area contributed by atoms with E-state index in [2.05, 4.69) is 15.0 Å². The van der Waals surface area contributed by atoms with E-state index in [0.717, 1.165) is 0 Å². The molecule has 0 N–H and O–H groups in total. The molecular formula is C19H16Cl2N4O5. The number of hydrogen-bond acceptors (Lipinski definition) is 8. The fourth-order valence-electron chi connectivity index (χ4n) is 3.26. The maximum atomic E-state index is 12.2. The quantitative estimate of drug-likeness (QED) is 0.331. The molecule has 156 valence electrons. The van der Waals surface area contributed by atoms with Gasteiger partial charge in [-0.25, -0.2) is 14.8 Å². The number of rotatable bonds is 5. The van der Waals surface area contributed by atoms with Gasteiger partial charge in [0.2, 0.25) is 5.28 Å². The Morgan fingerprint density at radius 1 is 1.23 bits per heavy atom. The van der Waals surface area contributed by atoms with Crippen LogP contribution in [0, 0.1) is 0 Å². The van der Waals surface area contributed by atoms with Gasteiger partial charge in [-0.15, -0.1) is 0 Å². The summed E-state index contributed by atoms with van der Waals surface area (Å²) >= 11 is 12.0. The minimum absolute atomic E-state index is 0.00881. The molecule has 3 atom stereocenters. The maximum Gasteiger partial charge on any atom is 0.338 e. The molecule has 2 aromatic heterocycles. The SMILES string of the molecule is CC(=O)O[C@@H]1C[C@@H](COC(=O)c2ccccc2)O[C@H]1n1cnc2c(Cl)nc(Cl)nc21. The number of fused-ring (bicyclic) bond motifs is 1. The lowest BCUT2D eigenvalue weighted by Gasteiger charge is -2.20. The van der Waals surface area contributed by atoms with Gasteiger partial charge in [0.25, 0.3) is 0 Å². The molecule has 0 spiro atoms. The van der Waals surface area contributed by atoms with Crippen molar-refractivity contribution in [3.05, 3.63) is 52.7 Å². The molecule has 3 heterocycles. The van der Waals surface area contributed by atoms with Crippen molar-refractivity contribution in [1.29, 1.82) is 0 Å². The van der Waals surface area contributed by atoms with E-state index in [9.17, 15) is 9.59 Å². The Morgan fingerprint density at radius 2 is 2.00 bits per heavy atom. The summed E-state index contributed by atoms with van der Waals surface area (Å²) in [7, 11) is 0. The van der Waals surface area contributed by atoms with Crippen LogP contribution in [-0.4, -0.2) is 50.3 Å². The van der Waals surface area contributed by atoms with Gasteiger partial charge in [-0.1, -0.05) is 29.8 Å². The zero-order chi connectivity index (χ0) is 21.3. The van der Waals surface area contributed by atoms with E-state index in [-0.39, 0.29) is 17.0 Å². The number of ether oxygens (including phenoxy) is 3. The molecule has 1 aromatic carbocycles. The monoisotopic (exact) mass is 450 g/mol. The Kier molecular flexibility index (Phi) is 5.85. The fraction of sp³-hybridized carbons (Fsp3) is 0.316. The molecule has 9 nitrogen and oxygen atoms in total. The first-order valence-corrected chi connectivity index (χ1v) is 9.78. The van der Waals surface area contributed by atoms with Crippen molar-refractivity contribution in [3.8, 4) is 0 Å². The second kappa shape index (κ2) is 8.55. The van der Waals surface area contributed by atoms with Crippen LogP contribution in [-0.2, 0) is 19.0 Å². The molecule has 1 aliphatic rings. The molecule has 1 aliphatic heterocycles. The highest BCUT2D eigenvalue weighted by Crippen LogP contribution is 2.34. The van der Waals surface area contributed by atoms with E-state index in [4.69, 9.17) is 37.4 Å². The van der Waals surface area contributed by atoms with Crippen LogP contribution in [0.4, 0.5) is 0 Å². The van der Waals surface area contributed by atoms with Crippen LogP contribution in [0.15, 0.2) is 36.7 Å². The number of carbonyl (C=O) groups is 2. The van der Waals surface area contributed by atoms with Gasteiger partial charge in [0.1, 0.15) is 18.2 Å². The Hall–Kier alpha value is -2.75. The van der Waals surface area contributed by atoms with Crippen molar-refractivity contribution in [2.75, 3.05) is 6.61 Å². The number of nitrogens with zero attached hydrogens (tertiary/aromatic N) is 4. The summed E-state index contributed by atoms with van der Waals surface area (Å²) in [6, 6.07) is 8.62. The zero-order valence-electron chi connectivity index (χ0n) is 15.7. The first-order valence-electron chi connectivity index (χ1n) is 9.03. The summed E-state index contributed by atoms with van der Waals surface area (Å²) in [5.41, 5.74) is 1.11. The molecule has 0 amide bonds. The van der Waals surface area contributed by atoms with Crippen LogP contribution in [0.2, 0.25) is 10.4 Å². The Balaban J connectivity index is 1.54. The lowest BCUT2D eigenvalue weighted by Crippen LogP contribution is -2.24. The van der Waals surface area contributed by atoms with Crippen LogP contribution in [0.5, 0.6) is 0 Å². The number of aromatic nitrogens is 4. The molecule has 1 fully saturated rings. The smallest absolute Gasteiger partial charge is 0.338 e. The van der Waals surface area contributed by atoms with Gasteiger partial charge >= 0.3 is 11.9 Å². The van der Waals surface area contributed by atoms with E-state index >= 15 is 0 Å². The minimum Gasteiger partial charge on any atom is -0.459 e. The van der Waals surface area contributed by atoms with Gasteiger partial charge in [-0.3, -0.25) is 9.36 Å². The van der Waals surface area contributed by atoms with Crippen molar-refractivity contribution >= 4 is 46.3 Å². The van der Waals surface area contributed by atoms with E-state index in [1.165, 1.54) is 13.3 Å². The van der Waals surface area contributed by atoms with E-state index in [0.29, 0.717) is 23.1 Å². The van der Waals surface area contributed by atoms with Crippen LogP contribution >= 0.6 is 23.2 Å². The van der Waals surface area contributed by atoms with Gasteiger partial charge in [-0.05, 0) is 23.7 Å². The fourth-order valence-corrected chi connectivity index (χ4v) is 3.68. The van der Waals surface area contributed by atoms with Crippen LogP contribution in [0.25, 0.3) is 11.2 Å². The molecule has 0 unspecified atom stereocenters. The molecule has 1 saturated heterocycles.